The topological polar surface area (TPSA) is 94.3 Å². The van der Waals surface area contributed by atoms with Crippen LogP contribution in [0.15, 0.2) is 30.5 Å². The lowest BCUT2D eigenvalue weighted by atomic mass is 9.87. The molecule has 3 heterocycles. The molecule has 4 rings (SSSR count). The summed E-state index contributed by atoms with van der Waals surface area (Å²) in [5, 5.41) is 6.04. The number of benzene rings is 1. The largest absolute Gasteiger partial charge is 0.361 e. The number of fused-ring (bicyclic) bond motifs is 1. The number of piperidine rings is 1. The normalized spacial score (nSPS) is 19.6. The van der Waals surface area contributed by atoms with Gasteiger partial charge < -0.3 is 15.2 Å². The van der Waals surface area contributed by atoms with E-state index in [1.165, 1.54) is 0 Å². The molecule has 0 unspecified atom stereocenters. The number of imide groups is 1. The van der Waals surface area contributed by atoms with Crippen LogP contribution in [-0.4, -0.2) is 46.4 Å². The molecule has 124 valence electrons. The molecule has 2 saturated heterocycles. The Morgan fingerprint density at radius 3 is 2.62 bits per heavy atom. The zero-order valence-corrected chi connectivity index (χ0v) is 13.1. The first kappa shape index (κ1) is 14.7. The summed E-state index contributed by atoms with van der Waals surface area (Å²) in [6.45, 7) is 0.934. The molecule has 4 amide bonds. The summed E-state index contributed by atoms with van der Waals surface area (Å²) in [5.41, 5.74) is 1.15. The molecule has 2 aromatic rings. The minimum Gasteiger partial charge on any atom is -0.361 e. The van der Waals surface area contributed by atoms with E-state index in [0.717, 1.165) is 16.5 Å². The van der Waals surface area contributed by atoms with Gasteiger partial charge in [-0.05, 0) is 24.5 Å². The van der Waals surface area contributed by atoms with Crippen LogP contribution in [0.2, 0.25) is 0 Å². The van der Waals surface area contributed by atoms with E-state index in [0.29, 0.717) is 32.4 Å². The van der Waals surface area contributed by atoms with E-state index < -0.39 is 11.6 Å². The summed E-state index contributed by atoms with van der Waals surface area (Å²) < 4.78 is 0. The second-order valence-corrected chi connectivity index (χ2v) is 6.41. The van der Waals surface area contributed by atoms with Gasteiger partial charge in [0.2, 0.25) is 5.91 Å². The average molecular weight is 326 g/mol. The molecule has 0 atom stereocenters. The smallest absolute Gasteiger partial charge is 0.322 e. The number of aromatic amines is 1. The number of nitrogens with zero attached hydrogens (tertiary/aromatic N) is 1. The van der Waals surface area contributed by atoms with Crippen LogP contribution in [0.1, 0.15) is 18.4 Å². The van der Waals surface area contributed by atoms with Crippen LogP contribution in [0, 0.1) is 0 Å². The molecule has 24 heavy (non-hydrogen) atoms. The number of nitrogens with one attached hydrogen (secondary N) is 3. The molecule has 0 bridgehead atoms. The monoisotopic (exact) mass is 326 g/mol. The van der Waals surface area contributed by atoms with E-state index in [2.05, 4.69) is 15.6 Å². The third-order valence-corrected chi connectivity index (χ3v) is 5.00. The van der Waals surface area contributed by atoms with Gasteiger partial charge in [0.05, 0.1) is 6.42 Å². The number of amides is 4. The third-order valence-electron chi connectivity index (χ3n) is 5.00. The maximum Gasteiger partial charge on any atom is 0.322 e. The molecule has 0 radical (unpaired) electrons. The maximum absolute atomic E-state index is 12.6. The molecule has 2 fully saturated rings. The highest BCUT2D eigenvalue weighted by Gasteiger charge is 2.48. The molecule has 1 spiro atoms. The molecule has 2 aliphatic rings. The Hall–Kier alpha value is -2.83. The predicted molar refractivity (Wildman–Crippen MR) is 87.2 cm³/mol. The van der Waals surface area contributed by atoms with Crippen molar-refractivity contribution in [3.63, 3.8) is 0 Å². The van der Waals surface area contributed by atoms with Crippen molar-refractivity contribution in [2.75, 3.05) is 13.1 Å². The molecule has 1 aromatic heterocycles. The van der Waals surface area contributed by atoms with Crippen molar-refractivity contribution in [2.24, 2.45) is 0 Å². The first-order valence-corrected chi connectivity index (χ1v) is 8.04. The average Bonchev–Trinajstić information content (AvgIpc) is 3.10. The van der Waals surface area contributed by atoms with Crippen molar-refractivity contribution in [3.8, 4) is 0 Å². The van der Waals surface area contributed by atoms with Gasteiger partial charge in [-0.15, -0.1) is 0 Å². The number of hydrogen-bond donors (Lipinski definition) is 3. The first-order valence-electron chi connectivity index (χ1n) is 8.04. The van der Waals surface area contributed by atoms with Crippen molar-refractivity contribution in [2.45, 2.75) is 24.8 Å². The van der Waals surface area contributed by atoms with E-state index in [-0.39, 0.29) is 11.8 Å². The van der Waals surface area contributed by atoms with Crippen molar-refractivity contribution in [3.05, 3.63) is 36.0 Å². The number of rotatable bonds is 2. The van der Waals surface area contributed by atoms with Gasteiger partial charge >= 0.3 is 6.03 Å². The molecule has 1 aromatic carbocycles. The Bertz CT molecular complexity index is 833. The van der Waals surface area contributed by atoms with Crippen LogP contribution in [0.3, 0.4) is 0 Å². The number of hydrogen-bond acceptors (Lipinski definition) is 3. The van der Waals surface area contributed by atoms with Gasteiger partial charge in [-0.1, -0.05) is 18.2 Å². The number of H-pyrrole nitrogens is 1. The number of urea groups is 1. The van der Waals surface area contributed by atoms with Crippen LogP contribution < -0.4 is 10.6 Å². The highest BCUT2D eigenvalue weighted by molar-refractivity contribution is 6.07. The number of likely N-dealkylation sites (tertiary alicyclic amines) is 1. The van der Waals surface area contributed by atoms with Crippen molar-refractivity contribution < 1.29 is 14.4 Å². The van der Waals surface area contributed by atoms with Crippen LogP contribution >= 0.6 is 0 Å². The fourth-order valence-electron chi connectivity index (χ4n) is 3.57. The minimum atomic E-state index is -0.839. The zero-order chi connectivity index (χ0) is 16.7. The summed E-state index contributed by atoms with van der Waals surface area (Å²) in [7, 11) is 0. The summed E-state index contributed by atoms with van der Waals surface area (Å²) in [4.78, 5) is 40.8. The Balaban J connectivity index is 1.43. The minimum absolute atomic E-state index is 0.0411. The van der Waals surface area contributed by atoms with Gasteiger partial charge in [0, 0.05) is 30.2 Å². The van der Waals surface area contributed by atoms with Crippen molar-refractivity contribution >= 4 is 28.7 Å². The van der Waals surface area contributed by atoms with E-state index in [9.17, 15) is 14.4 Å². The van der Waals surface area contributed by atoms with E-state index in [1.54, 1.807) is 4.90 Å². The van der Waals surface area contributed by atoms with Gasteiger partial charge in [0.15, 0.2) is 0 Å². The summed E-state index contributed by atoms with van der Waals surface area (Å²) in [5.74, 6) is -0.240. The maximum atomic E-state index is 12.6. The molecule has 3 N–H and O–H groups in total. The molecule has 7 nitrogen and oxygen atoms in total. The number of aromatic nitrogens is 1. The summed E-state index contributed by atoms with van der Waals surface area (Å²) >= 11 is 0. The lowest BCUT2D eigenvalue weighted by Gasteiger charge is -2.37. The van der Waals surface area contributed by atoms with E-state index in [4.69, 9.17) is 0 Å². The second kappa shape index (κ2) is 5.36. The van der Waals surface area contributed by atoms with Gasteiger partial charge in [0.25, 0.3) is 5.91 Å². The molecule has 0 saturated carbocycles. The van der Waals surface area contributed by atoms with Crippen LogP contribution in [-0.2, 0) is 16.0 Å². The molecule has 2 aliphatic heterocycles. The van der Waals surface area contributed by atoms with Gasteiger partial charge in [-0.25, -0.2) is 4.79 Å². The Morgan fingerprint density at radius 1 is 1.17 bits per heavy atom. The van der Waals surface area contributed by atoms with Crippen molar-refractivity contribution in [1.82, 2.24) is 20.5 Å². The van der Waals surface area contributed by atoms with Crippen LogP contribution in [0.5, 0.6) is 0 Å². The molecular formula is C17H18N4O3. The standard InChI is InChI=1S/C17H18N4O3/c22-14(9-11-10-18-13-4-2-1-3-12(11)13)21-7-5-17(6-8-21)15(23)19-16(24)20-17/h1-4,10,18H,5-9H2,(H2,19,20,23,24). The van der Waals surface area contributed by atoms with Crippen molar-refractivity contribution in [1.29, 1.82) is 0 Å². The van der Waals surface area contributed by atoms with Crippen LogP contribution in [0.25, 0.3) is 10.9 Å². The van der Waals surface area contributed by atoms with Crippen LogP contribution in [0.4, 0.5) is 4.79 Å². The van der Waals surface area contributed by atoms with E-state index in [1.807, 2.05) is 30.5 Å². The SMILES string of the molecule is O=C1NC(=O)C2(CCN(C(=O)Cc3c[nH]c4ccccc34)CC2)N1. The Labute approximate surface area is 138 Å². The van der Waals surface area contributed by atoms with Gasteiger partial charge in [0.1, 0.15) is 5.54 Å². The quantitative estimate of drug-likeness (QED) is 0.716. The molecule has 0 aliphatic carbocycles. The number of carbonyl (C=O) groups excluding carboxylic acids is 3. The van der Waals surface area contributed by atoms with Gasteiger partial charge in [-0.2, -0.15) is 0 Å². The highest BCUT2D eigenvalue weighted by atomic mass is 16.2. The fraction of sp³-hybridized carbons (Fsp3) is 0.353. The molecule has 7 heteroatoms. The highest BCUT2D eigenvalue weighted by Crippen LogP contribution is 2.26. The number of para-hydroxylation sites is 1. The zero-order valence-electron chi connectivity index (χ0n) is 13.1. The van der Waals surface area contributed by atoms with Gasteiger partial charge in [-0.3, -0.25) is 14.9 Å². The lowest BCUT2D eigenvalue weighted by molar-refractivity contribution is -0.135. The summed E-state index contributed by atoms with van der Waals surface area (Å²) in [6.07, 6.45) is 3.10. The fourth-order valence-corrected chi connectivity index (χ4v) is 3.57. The Kier molecular flexibility index (Phi) is 3.30. The summed E-state index contributed by atoms with van der Waals surface area (Å²) in [6, 6.07) is 7.44. The second-order valence-electron chi connectivity index (χ2n) is 6.41. The number of carbonyl (C=O) groups is 3. The third kappa shape index (κ3) is 2.33. The lowest BCUT2D eigenvalue weighted by Crippen LogP contribution is -2.55. The predicted octanol–water partition coefficient (Wildman–Crippen LogP) is 0.911. The molecular weight excluding hydrogens is 308 g/mol. The Morgan fingerprint density at radius 2 is 1.92 bits per heavy atom. The first-order chi connectivity index (χ1) is 11.6. The van der Waals surface area contributed by atoms with E-state index >= 15 is 0 Å².